The van der Waals surface area contributed by atoms with Crippen LogP contribution < -0.4 is 5.48 Å². The van der Waals surface area contributed by atoms with Crippen molar-refractivity contribution in [2.45, 2.75) is 0 Å². The molecule has 1 aromatic heterocycles. The molecular weight excluding hydrogens is 146 g/mol. The maximum atomic E-state index is 4.61. The predicted molar refractivity (Wildman–Crippen MR) is 43.5 cm³/mol. The van der Waals surface area contributed by atoms with E-state index in [9.17, 15) is 0 Å². The number of nitrogens with one attached hydrogen (secondary N) is 1. The summed E-state index contributed by atoms with van der Waals surface area (Å²) in [5.74, 6) is 0. The van der Waals surface area contributed by atoms with Gasteiger partial charge in [0.25, 0.3) is 0 Å². The highest BCUT2D eigenvalue weighted by molar-refractivity contribution is 7.10. The minimum atomic E-state index is 1.21. The van der Waals surface area contributed by atoms with Crippen molar-refractivity contribution in [1.29, 1.82) is 0 Å². The molecule has 0 saturated heterocycles. The first kappa shape index (κ1) is 7.31. The normalized spacial score (nSPS) is 10.5. The number of thiophene rings is 1. The molecule has 0 fully saturated rings. The van der Waals surface area contributed by atoms with Gasteiger partial charge in [-0.15, -0.1) is 11.3 Å². The second-order valence-electron chi connectivity index (χ2n) is 1.67. The maximum Gasteiger partial charge on any atom is 0.0636 e. The van der Waals surface area contributed by atoms with Gasteiger partial charge in [-0.25, -0.2) is 0 Å². The summed E-state index contributed by atoms with van der Waals surface area (Å²) in [6, 6.07) is 4.05. The molecule has 0 aliphatic heterocycles. The summed E-state index contributed by atoms with van der Waals surface area (Å²) < 4.78 is 0. The van der Waals surface area contributed by atoms with Gasteiger partial charge in [-0.1, -0.05) is 6.07 Å². The van der Waals surface area contributed by atoms with Gasteiger partial charge in [0.15, 0.2) is 0 Å². The number of hydrogen-bond acceptors (Lipinski definition) is 3. The lowest BCUT2D eigenvalue weighted by atomic mass is 10.5. The monoisotopic (exact) mass is 155 g/mol. The van der Waals surface area contributed by atoms with Crippen LogP contribution >= 0.6 is 11.3 Å². The third kappa shape index (κ3) is 2.21. The summed E-state index contributed by atoms with van der Waals surface area (Å²) in [7, 11) is 1.58. The van der Waals surface area contributed by atoms with Crippen molar-refractivity contribution < 1.29 is 4.84 Å². The molecule has 0 aliphatic carbocycles. The van der Waals surface area contributed by atoms with E-state index in [4.69, 9.17) is 0 Å². The molecule has 1 heterocycles. The molecule has 0 bridgehead atoms. The van der Waals surface area contributed by atoms with Gasteiger partial charge in [-0.2, -0.15) is 0 Å². The summed E-state index contributed by atoms with van der Waals surface area (Å²) in [4.78, 5) is 5.82. The lowest BCUT2D eigenvalue weighted by molar-refractivity contribution is 0.129. The van der Waals surface area contributed by atoms with Crippen LogP contribution in [0, 0.1) is 0 Å². The van der Waals surface area contributed by atoms with Crippen molar-refractivity contribution in [3.63, 3.8) is 0 Å². The highest BCUT2D eigenvalue weighted by Crippen LogP contribution is 2.09. The molecule has 0 radical (unpaired) electrons. The molecule has 2 nitrogen and oxygen atoms in total. The van der Waals surface area contributed by atoms with E-state index in [0.717, 1.165) is 0 Å². The van der Waals surface area contributed by atoms with Crippen molar-refractivity contribution in [3.05, 3.63) is 28.6 Å². The van der Waals surface area contributed by atoms with E-state index in [2.05, 4.69) is 10.3 Å². The average molecular weight is 155 g/mol. The largest absolute Gasteiger partial charge is 0.280 e. The minimum absolute atomic E-state index is 1.21. The number of hydroxylamine groups is 1. The van der Waals surface area contributed by atoms with E-state index in [0.29, 0.717) is 0 Å². The molecule has 3 heteroatoms. The third-order valence-electron chi connectivity index (χ3n) is 0.977. The van der Waals surface area contributed by atoms with Gasteiger partial charge in [-0.05, 0) is 17.5 Å². The van der Waals surface area contributed by atoms with Crippen LogP contribution in [0.5, 0.6) is 0 Å². The van der Waals surface area contributed by atoms with E-state index in [-0.39, 0.29) is 0 Å². The topological polar surface area (TPSA) is 21.3 Å². The van der Waals surface area contributed by atoms with Gasteiger partial charge in [0.2, 0.25) is 0 Å². The summed E-state index contributed by atoms with van der Waals surface area (Å²) in [5, 5.41) is 2.03. The smallest absolute Gasteiger partial charge is 0.0636 e. The Morgan fingerprint density at radius 3 is 3.20 bits per heavy atom. The van der Waals surface area contributed by atoms with Crippen LogP contribution in [-0.2, 0) is 4.84 Å². The van der Waals surface area contributed by atoms with E-state index in [1.54, 1.807) is 24.6 Å². The molecule has 0 aromatic carbocycles. The maximum absolute atomic E-state index is 4.61. The van der Waals surface area contributed by atoms with Crippen LogP contribution in [0.25, 0.3) is 6.08 Å². The van der Waals surface area contributed by atoms with Crippen LogP contribution in [-0.4, -0.2) is 7.11 Å². The Morgan fingerprint density at radius 2 is 2.60 bits per heavy atom. The zero-order chi connectivity index (χ0) is 7.23. The first-order valence-corrected chi connectivity index (χ1v) is 3.80. The average Bonchev–Trinajstić information content (AvgIpc) is 2.41. The highest BCUT2D eigenvalue weighted by atomic mass is 32.1. The standard InChI is InChI=1S/C7H9NOS/c1-9-8-5-4-7-3-2-6-10-7/h2-6,8H,1H3/b5-4-. The van der Waals surface area contributed by atoms with Crippen LogP contribution in [0.1, 0.15) is 4.88 Å². The van der Waals surface area contributed by atoms with Gasteiger partial charge < -0.3 is 0 Å². The molecule has 0 saturated carbocycles. The summed E-state index contributed by atoms with van der Waals surface area (Å²) >= 11 is 1.69. The zero-order valence-corrected chi connectivity index (χ0v) is 6.52. The Bertz CT molecular complexity index is 193. The Kier molecular flexibility index (Phi) is 2.99. The van der Waals surface area contributed by atoms with Crippen molar-refractivity contribution >= 4 is 17.4 Å². The molecule has 0 aliphatic rings. The Labute approximate surface area is 64.1 Å². The molecule has 0 spiro atoms. The first-order chi connectivity index (χ1) is 4.93. The van der Waals surface area contributed by atoms with Crippen LogP contribution in [0.4, 0.5) is 0 Å². The van der Waals surface area contributed by atoms with E-state index in [1.165, 1.54) is 4.88 Å². The quantitative estimate of drug-likeness (QED) is 0.673. The molecule has 54 valence electrons. The van der Waals surface area contributed by atoms with Crippen molar-refractivity contribution in [2.75, 3.05) is 7.11 Å². The summed E-state index contributed by atoms with van der Waals surface area (Å²) in [6.45, 7) is 0. The van der Waals surface area contributed by atoms with E-state index >= 15 is 0 Å². The number of rotatable bonds is 3. The third-order valence-corrected chi connectivity index (χ3v) is 1.81. The molecule has 1 rings (SSSR count). The molecule has 10 heavy (non-hydrogen) atoms. The molecule has 1 aromatic rings. The lowest BCUT2D eigenvalue weighted by Gasteiger charge is -1.90. The fourth-order valence-corrected chi connectivity index (χ4v) is 1.19. The van der Waals surface area contributed by atoms with E-state index in [1.807, 2.05) is 23.6 Å². The summed E-state index contributed by atoms with van der Waals surface area (Å²) in [6.07, 6.45) is 3.71. The fourth-order valence-electron chi connectivity index (χ4n) is 0.570. The Hall–Kier alpha value is -0.800. The second kappa shape index (κ2) is 4.09. The second-order valence-corrected chi connectivity index (χ2v) is 2.65. The van der Waals surface area contributed by atoms with Gasteiger partial charge in [0.05, 0.1) is 7.11 Å². The van der Waals surface area contributed by atoms with Gasteiger partial charge in [-0.3, -0.25) is 10.3 Å². The molecule has 0 unspecified atom stereocenters. The Balaban J connectivity index is 2.40. The van der Waals surface area contributed by atoms with Crippen molar-refractivity contribution in [1.82, 2.24) is 5.48 Å². The SMILES string of the molecule is CON/C=C\c1cccs1. The lowest BCUT2D eigenvalue weighted by Crippen LogP contribution is -1.99. The summed E-state index contributed by atoms with van der Waals surface area (Å²) in [5.41, 5.74) is 2.61. The molecule has 1 N–H and O–H groups in total. The molecular formula is C7H9NOS. The van der Waals surface area contributed by atoms with Gasteiger partial charge >= 0.3 is 0 Å². The molecule has 0 atom stereocenters. The van der Waals surface area contributed by atoms with Crippen molar-refractivity contribution in [2.24, 2.45) is 0 Å². The number of hydrogen-bond donors (Lipinski definition) is 1. The minimum Gasteiger partial charge on any atom is -0.280 e. The Morgan fingerprint density at radius 1 is 1.70 bits per heavy atom. The first-order valence-electron chi connectivity index (χ1n) is 2.92. The van der Waals surface area contributed by atoms with Crippen LogP contribution in [0.15, 0.2) is 23.7 Å². The molecule has 0 amide bonds. The van der Waals surface area contributed by atoms with Crippen LogP contribution in [0.2, 0.25) is 0 Å². The zero-order valence-electron chi connectivity index (χ0n) is 5.70. The van der Waals surface area contributed by atoms with Crippen molar-refractivity contribution in [3.8, 4) is 0 Å². The van der Waals surface area contributed by atoms with Gasteiger partial charge in [0, 0.05) is 11.1 Å². The fraction of sp³-hybridized carbons (Fsp3) is 0.143. The highest BCUT2D eigenvalue weighted by Gasteiger charge is 1.82. The van der Waals surface area contributed by atoms with Gasteiger partial charge in [0.1, 0.15) is 0 Å². The van der Waals surface area contributed by atoms with E-state index < -0.39 is 0 Å². The predicted octanol–water partition coefficient (Wildman–Crippen LogP) is 1.87. The van der Waals surface area contributed by atoms with Crippen LogP contribution in [0.3, 0.4) is 0 Å².